The van der Waals surface area contributed by atoms with Crippen LogP contribution in [-0.4, -0.2) is 17.0 Å². The third-order valence-electron chi connectivity index (χ3n) is 3.77. The van der Waals surface area contributed by atoms with Gasteiger partial charge in [0.1, 0.15) is 5.03 Å². The number of nitrogens with zero attached hydrogens (tertiary/aromatic N) is 1. The maximum absolute atomic E-state index is 11.2. The molecule has 2 aromatic rings. The Hall–Kier alpha value is -1.35. The van der Waals surface area contributed by atoms with E-state index in [1.54, 1.807) is 11.8 Å². The molecule has 0 N–H and O–H groups in total. The maximum atomic E-state index is 11.2. The largest absolute Gasteiger partial charge is 0.298 e. The molecule has 98 valence electrons. The highest BCUT2D eigenvalue weighted by atomic mass is 32.2. The number of hydrogen-bond acceptors (Lipinski definition) is 3. The highest BCUT2D eigenvalue weighted by Gasteiger charge is 2.16. The van der Waals surface area contributed by atoms with Crippen molar-refractivity contribution in [1.29, 1.82) is 0 Å². The van der Waals surface area contributed by atoms with E-state index in [4.69, 9.17) is 0 Å². The van der Waals surface area contributed by atoms with Gasteiger partial charge in [-0.2, -0.15) is 0 Å². The molecule has 1 fully saturated rings. The summed E-state index contributed by atoms with van der Waals surface area (Å²) in [5.74, 6) is 1.89. The molecule has 0 unspecified atom stereocenters. The number of benzene rings is 1. The standard InChI is InChI=1S/C16H17NOS/c18-10-14-9-13-7-3-4-8-15(13)17-16(14)19-11-12-5-1-2-6-12/h3-4,7-10,12H,1-2,5-6,11H2. The minimum Gasteiger partial charge on any atom is -0.298 e. The lowest BCUT2D eigenvalue weighted by atomic mass is 10.1. The first kappa shape index (κ1) is 12.7. The summed E-state index contributed by atoms with van der Waals surface area (Å²) in [5.41, 5.74) is 1.70. The van der Waals surface area contributed by atoms with E-state index >= 15 is 0 Å². The van der Waals surface area contributed by atoms with E-state index in [2.05, 4.69) is 4.98 Å². The molecule has 0 saturated heterocycles. The number of thioether (sulfide) groups is 1. The zero-order valence-electron chi connectivity index (χ0n) is 10.8. The van der Waals surface area contributed by atoms with Crippen molar-refractivity contribution >= 4 is 29.0 Å². The van der Waals surface area contributed by atoms with Gasteiger partial charge in [-0.3, -0.25) is 4.79 Å². The molecule has 1 aliphatic rings. The van der Waals surface area contributed by atoms with E-state index in [1.807, 2.05) is 30.3 Å². The van der Waals surface area contributed by atoms with Crippen molar-refractivity contribution < 1.29 is 4.79 Å². The molecule has 1 aliphatic carbocycles. The second-order valence-corrected chi connectivity index (χ2v) is 6.16. The van der Waals surface area contributed by atoms with Crippen molar-refractivity contribution in [2.45, 2.75) is 30.7 Å². The molecule has 1 aromatic heterocycles. The number of carbonyl (C=O) groups excluding carboxylic acids is 1. The van der Waals surface area contributed by atoms with Crippen LogP contribution in [-0.2, 0) is 0 Å². The normalized spacial score (nSPS) is 16.0. The second kappa shape index (κ2) is 5.74. The summed E-state index contributed by atoms with van der Waals surface area (Å²) in [7, 11) is 0. The summed E-state index contributed by atoms with van der Waals surface area (Å²) >= 11 is 1.74. The van der Waals surface area contributed by atoms with Gasteiger partial charge >= 0.3 is 0 Å². The van der Waals surface area contributed by atoms with Gasteiger partial charge in [0.05, 0.1) is 5.52 Å². The molecule has 0 bridgehead atoms. The molecule has 0 amide bonds. The molecule has 0 radical (unpaired) electrons. The van der Waals surface area contributed by atoms with Crippen LogP contribution in [0, 0.1) is 5.92 Å². The summed E-state index contributed by atoms with van der Waals surface area (Å²) in [6, 6.07) is 9.92. The first-order chi connectivity index (χ1) is 9.36. The Bertz CT molecular complexity index is 590. The summed E-state index contributed by atoms with van der Waals surface area (Å²) in [5, 5.41) is 1.93. The Morgan fingerprint density at radius 3 is 2.84 bits per heavy atom. The van der Waals surface area contributed by atoms with Gasteiger partial charge in [0, 0.05) is 16.7 Å². The molecular weight excluding hydrogens is 254 g/mol. The summed E-state index contributed by atoms with van der Waals surface area (Å²) in [6.45, 7) is 0. The fourth-order valence-corrected chi connectivity index (χ4v) is 3.85. The topological polar surface area (TPSA) is 30.0 Å². The number of fused-ring (bicyclic) bond motifs is 1. The van der Waals surface area contributed by atoms with E-state index in [-0.39, 0.29) is 0 Å². The van der Waals surface area contributed by atoms with Crippen molar-refractivity contribution in [3.05, 3.63) is 35.9 Å². The Kier molecular flexibility index (Phi) is 3.83. The Balaban J connectivity index is 1.85. The predicted molar refractivity (Wildman–Crippen MR) is 79.8 cm³/mol. The number of hydrogen-bond donors (Lipinski definition) is 0. The summed E-state index contributed by atoms with van der Waals surface area (Å²) < 4.78 is 0. The molecule has 3 rings (SSSR count). The van der Waals surface area contributed by atoms with Crippen LogP contribution >= 0.6 is 11.8 Å². The van der Waals surface area contributed by atoms with Crippen LogP contribution in [0.15, 0.2) is 35.4 Å². The fraction of sp³-hybridized carbons (Fsp3) is 0.375. The SMILES string of the molecule is O=Cc1cc2ccccc2nc1SCC1CCCC1. The monoisotopic (exact) mass is 271 g/mol. The van der Waals surface area contributed by atoms with Gasteiger partial charge in [-0.15, -0.1) is 11.8 Å². The lowest BCUT2D eigenvalue weighted by Crippen LogP contribution is -1.99. The van der Waals surface area contributed by atoms with Crippen molar-refractivity contribution in [3.8, 4) is 0 Å². The van der Waals surface area contributed by atoms with Crippen molar-refractivity contribution in [2.75, 3.05) is 5.75 Å². The van der Waals surface area contributed by atoms with E-state index in [0.29, 0.717) is 0 Å². The first-order valence-corrected chi connectivity index (χ1v) is 7.83. The summed E-state index contributed by atoms with van der Waals surface area (Å²) in [6.07, 6.45) is 6.30. The third kappa shape index (κ3) is 2.81. The average molecular weight is 271 g/mol. The van der Waals surface area contributed by atoms with E-state index in [0.717, 1.165) is 39.4 Å². The Morgan fingerprint density at radius 1 is 1.26 bits per heavy atom. The lowest BCUT2D eigenvalue weighted by molar-refractivity contribution is 0.112. The number of aldehydes is 1. The zero-order chi connectivity index (χ0) is 13.1. The highest BCUT2D eigenvalue weighted by Crippen LogP contribution is 2.32. The molecule has 19 heavy (non-hydrogen) atoms. The van der Waals surface area contributed by atoms with Crippen molar-refractivity contribution in [1.82, 2.24) is 4.98 Å². The van der Waals surface area contributed by atoms with Crippen molar-refractivity contribution in [3.63, 3.8) is 0 Å². The fourth-order valence-electron chi connectivity index (χ4n) is 2.69. The van der Waals surface area contributed by atoms with Gasteiger partial charge in [-0.1, -0.05) is 31.0 Å². The van der Waals surface area contributed by atoms with Gasteiger partial charge in [0.25, 0.3) is 0 Å². The molecule has 0 spiro atoms. The van der Waals surface area contributed by atoms with Gasteiger partial charge in [0.2, 0.25) is 0 Å². The van der Waals surface area contributed by atoms with E-state index < -0.39 is 0 Å². The molecule has 3 heteroatoms. The van der Waals surface area contributed by atoms with E-state index in [1.165, 1.54) is 25.7 Å². The van der Waals surface area contributed by atoms with Crippen LogP contribution in [0.5, 0.6) is 0 Å². The first-order valence-electron chi connectivity index (χ1n) is 6.84. The Morgan fingerprint density at radius 2 is 2.05 bits per heavy atom. The van der Waals surface area contributed by atoms with Crippen LogP contribution in [0.1, 0.15) is 36.0 Å². The van der Waals surface area contributed by atoms with Gasteiger partial charge in [0.15, 0.2) is 6.29 Å². The molecule has 1 saturated carbocycles. The third-order valence-corrected chi connectivity index (χ3v) is 5.01. The van der Waals surface area contributed by atoms with Gasteiger partial charge in [-0.25, -0.2) is 4.98 Å². The summed E-state index contributed by atoms with van der Waals surface area (Å²) in [4.78, 5) is 15.9. The quantitative estimate of drug-likeness (QED) is 0.612. The molecule has 0 atom stereocenters. The molecule has 2 nitrogen and oxygen atoms in total. The van der Waals surface area contributed by atoms with E-state index in [9.17, 15) is 4.79 Å². The zero-order valence-corrected chi connectivity index (χ0v) is 11.7. The van der Waals surface area contributed by atoms with Gasteiger partial charge < -0.3 is 0 Å². The second-order valence-electron chi connectivity index (χ2n) is 5.15. The molecule has 1 heterocycles. The van der Waals surface area contributed by atoms with Crippen LogP contribution in [0.2, 0.25) is 0 Å². The minimum atomic E-state index is 0.724. The average Bonchev–Trinajstić information content (AvgIpc) is 2.97. The number of rotatable bonds is 4. The van der Waals surface area contributed by atoms with Crippen LogP contribution in [0.25, 0.3) is 10.9 Å². The maximum Gasteiger partial charge on any atom is 0.152 e. The minimum absolute atomic E-state index is 0.724. The van der Waals surface area contributed by atoms with Crippen LogP contribution < -0.4 is 0 Å². The number of carbonyl (C=O) groups is 1. The molecule has 1 aromatic carbocycles. The highest BCUT2D eigenvalue weighted by molar-refractivity contribution is 7.99. The lowest BCUT2D eigenvalue weighted by Gasteiger charge is -2.10. The predicted octanol–water partition coefficient (Wildman–Crippen LogP) is 4.33. The molecule has 0 aliphatic heterocycles. The number of para-hydroxylation sites is 1. The number of aromatic nitrogens is 1. The van der Waals surface area contributed by atoms with Crippen molar-refractivity contribution in [2.24, 2.45) is 5.92 Å². The van der Waals surface area contributed by atoms with Gasteiger partial charge in [-0.05, 0) is 30.9 Å². The van der Waals surface area contributed by atoms with Crippen LogP contribution in [0.4, 0.5) is 0 Å². The number of pyridine rings is 1. The smallest absolute Gasteiger partial charge is 0.152 e. The Labute approximate surface area is 117 Å². The van der Waals surface area contributed by atoms with Crippen LogP contribution in [0.3, 0.4) is 0 Å². The molecular formula is C16H17NOS.